The quantitative estimate of drug-likeness (QED) is 0.797. The minimum Gasteiger partial charge on any atom is -0.365 e. The predicted octanol–water partition coefficient (Wildman–Crippen LogP) is 1.38. The molecule has 92 valence electrons. The lowest BCUT2D eigenvalue weighted by atomic mass is 10.2. The van der Waals surface area contributed by atoms with E-state index in [1.807, 2.05) is 0 Å². The number of carbonyl (C=O) groups is 1. The van der Waals surface area contributed by atoms with Gasteiger partial charge in [0.25, 0.3) is 0 Å². The summed E-state index contributed by atoms with van der Waals surface area (Å²) in [4.78, 5) is 19.6. The van der Waals surface area contributed by atoms with Crippen molar-refractivity contribution in [3.8, 4) is 0 Å². The Kier molecular flexibility index (Phi) is 3.78. The van der Waals surface area contributed by atoms with E-state index in [9.17, 15) is 4.79 Å². The fourth-order valence-corrected chi connectivity index (χ4v) is 1.99. The highest BCUT2D eigenvalue weighted by Gasteiger charge is 2.21. The third kappa shape index (κ3) is 3.30. The van der Waals surface area contributed by atoms with Crippen molar-refractivity contribution < 1.29 is 4.79 Å². The second-order valence-electron chi connectivity index (χ2n) is 4.09. The van der Waals surface area contributed by atoms with Crippen molar-refractivity contribution in [2.24, 2.45) is 0 Å². The Hall–Kier alpha value is -1.36. The van der Waals surface area contributed by atoms with Crippen LogP contribution in [0.5, 0.6) is 0 Å². The number of nitrogens with zero attached hydrogens (tertiary/aromatic N) is 2. The van der Waals surface area contributed by atoms with Crippen LogP contribution in [0.2, 0.25) is 5.15 Å². The molecule has 1 atom stereocenters. The summed E-state index contributed by atoms with van der Waals surface area (Å²) in [5, 5.41) is 6.39. The van der Waals surface area contributed by atoms with E-state index in [0.29, 0.717) is 23.9 Å². The van der Waals surface area contributed by atoms with Crippen LogP contribution in [0.3, 0.4) is 0 Å². The molecule has 1 unspecified atom stereocenters. The first-order valence-electron chi connectivity index (χ1n) is 5.74. The number of carbonyl (C=O) groups excluding carboxylic acids is 1. The molecule has 1 aliphatic heterocycles. The lowest BCUT2D eigenvalue weighted by molar-refractivity contribution is -0.119. The SMILES string of the molecule is CCCc1nc(Cl)cc(NC2CNC(=O)C2)n1. The molecule has 0 bridgehead atoms. The Morgan fingerprint density at radius 3 is 3.06 bits per heavy atom. The maximum atomic E-state index is 11.1. The molecule has 2 rings (SSSR count). The molecule has 0 spiro atoms. The van der Waals surface area contributed by atoms with Crippen LogP contribution < -0.4 is 10.6 Å². The van der Waals surface area contributed by atoms with E-state index in [4.69, 9.17) is 11.6 Å². The highest BCUT2D eigenvalue weighted by Crippen LogP contribution is 2.15. The number of aryl methyl sites for hydroxylation is 1. The van der Waals surface area contributed by atoms with Crippen molar-refractivity contribution >= 4 is 23.3 Å². The van der Waals surface area contributed by atoms with Gasteiger partial charge in [0, 0.05) is 25.5 Å². The molecule has 1 aromatic heterocycles. The van der Waals surface area contributed by atoms with Crippen LogP contribution in [0.25, 0.3) is 0 Å². The molecule has 1 fully saturated rings. The molecule has 1 aliphatic rings. The minimum absolute atomic E-state index is 0.0661. The number of nitrogens with one attached hydrogen (secondary N) is 2. The zero-order valence-electron chi connectivity index (χ0n) is 9.66. The fourth-order valence-electron chi connectivity index (χ4n) is 1.79. The number of anilines is 1. The summed E-state index contributed by atoms with van der Waals surface area (Å²) in [5.74, 6) is 1.49. The van der Waals surface area contributed by atoms with Crippen LogP contribution in [-0.4, -0.2) is 28.5 Å². The van der Waals surface area contributed by atoms with E-state index >= 15 is 0 Å². The zero-order valence-corrected chi connectivity index (χ0v) is 10.4. The third-order valence-electron chi connectivity index (χ3n) is 2.54. The minimum atomic E-state index is 0.0661. The van der Waals surface area contributed by atoms with Gasteiger partial charge in [-0.2, -0.15) is 0 Å². The van der Waals surface area contributed by atoms with E-state index in [1.165, 1.54) is 0 Å². The first kappa shape index (κ1) is 12.1. The van der Waals surface area contributed by atoms with E-state index in [2.05, 4.69) is 27.5 Å². The lowest BCUT2D eigenvalue weighted by Crippen LogP contribution is -2.23. The van der Waals surface area contributed by atoms with Gasteiger partial charge in [0.05, 0.1) is 6.04 Å². The Bertz CT molecular complexity index is 424. The largest absolute Gasteiger partial charge is 0.365 e. The van der Waals surface area contributed by atoms with E-state index < -0.39 is 0 Å². The lowest BCUT2D eigenvalue weighted by Gasteiger charge is -2.12. The highest BCUT2D eigenvalue weighted by molar-refractivity contribution is 6.29. The van der Waals surface area contributed by atoms with E-state index in [-0.39, 0.29) is 11.9 Å². The van der Waals surface area contributed by atoms with Crippen LogP contribution in [-0.2, 0) is 11.2 Å². The summed E-state index contributed by atoms with van der Waals surface area (Å²) in [6, 6.07) is 1.77. The van der Waals surface area contributed by atoms with E-state index in [0.717, 1.165) is 18.7 Å². The van der Waals surface area contributed by atoms with Crippen LogP contribution in [0, 0.1) is 0 Å². The molecule has 0 radical (unpaired) electrons. The molecule has 6 heteroatoms. The first-order valence-corrected chi connectivity index (χ1v) is 6.12. The maximum Gasteiger partial charge on any atom is 0.222 e. The monoisotopic (exact) mass is 254 g/mol. The molecule has 1 amide bonds. The van der Waals surface area contributed by atoms with Crippen LogP contribution in [0.4, 0.5) is 5.82 Å². The summed E-state index contributed by atoms with van der Waals surface area (Å²) < 4.78 is 0. The number of amides is 1. The average molecular weight is 255 g/mol. The second-order valence-corrected chi connectivity index (χ2v) is 4.48. The Balaban J connectivity index is 2.07. The van der Waals surface area contributed by atoms with Crippen LogP contribution >= 0.6 is 11.6 Å². The fraction of sp³-hybridized carbons (Fsp3) is 0.545. The zero-order chi connectivity index (χ0) is 12.3. The van der Waals surface area contributed by atoms with Crippen molar-refractivity contribution in [1.82, 2.24) is 15.3 Å². The van der Waals surface area contributed by atoms with Crippen LogP contribution in [0.1, 0.15) is 25.6 Å². The number of halogens is 1. The molecule has 2 N–H and O–H groups in total. The van der Waals surface area contributed by atoms with Gasteiger partial charge in [0.15, 0.2) is 0 Å². The van der Waals surface area contributed by atoms with Crippen LogP contribution in [0.15, 0.2) is 6.07 Å². The summed E-state index contributed by atoms with van der Waals surface area (Å²) in [7, 11) is 0. The third-order valence-corrected chi connectivity index (χ3v) is 2.74. The van der Waals surface area contributed by atoms with Gasteiger partial charge in [-0.1, -0.05) is 18.5 Å². The van der Waals surface area contributed by atoms with Gasteiger partial charge in [0.1, 0.15) is 16.8 Å². The predicted molar refractivity (Wildman–Crippen MR) is 66.1 cm³/mol. The Labute approximate surface area is 105 Å². The van der Waals surface area contributed by atoms with Gasteiger partial charge in [-0.25, -0.2) is 9.97 Å². The summed E-state index contributed by atoms with van der Waals surface area (Å²) in [6.45, 7) is 2.69. The van der Waals surface area contributed by atoms with Gasteiger partial charge in [-0.05, 0) is 6.42 Å². The molecular formula is C11H15ClN4O. The van der Waals surface area contributed by atoms with Crippen molar-refractivity contribution in [3.05, 3.63) is 17.0 Å². The van der Waals surface area contributed by atoms with Crippen molar-refractivity contribution in [1.29, 1.82) is 0 Å². The number of hydrogen-bond donors (Lipinski definition) is 2. The average Bonchev–Trinajstić information content (AvgIpc) is 2.63. The Morgan fingerprint density at radius 2 is 2.41 bits per heavy atom. The molecule has 1 saturated heterocycles. The highest BCUT2D eigenvalue weighted by atomic mass is 35.5. The molecule has 17 heavy (non-hydrogen) atoms. The number of aromatic nitrogens is 2. The Morgan fingerprint density at radius 1 is 1.59 bits per heavy atom. The summed E-state index contributed by atoms with van der Waals surface area (Å²) in [5.41, 5.74) is 0. The van der Waals surface area contributed by atoms with Crippen molar-refractivity contribution in [2.75, 3.05) is 11.9 Å². The molecule has 0 saturated carbocycles. The maximum absolute atomic E-state index is 11.1. The van der Waals surface area contributed by atoms with Crippen molar-refractivity contribution in [2.45, 2.75) is 32.2 Å². The van der Waals surface area contributed by atoms with Gasteiger partial charge >= 0.3 is 0 Å². The first-order chi connectivity index (χ1) is 8.17. The van der Waals surface area contributed by atoms with Crippen molar-refractivity contribution in [3.63, 3.8) is 0 Å². The van der Waals surface area contributed by atoms with Gasteiger partial charge in [0.2, 0.25) is 5.91 Å². The van der Waals surface area contributed by atoms with Gasteiger partial charge < -0.3 is 10.6 Å². The molecule has 5 nitrogen and oxygen atoms in total. The van der Waals surface area contributed by atoms with Gasteiger partial charge in [-0.15, -0.1) is 0 Å². The number of rotatable bonds is 4. The summed E-state index contributed by atoms with van der Waals surface area (Å²) >= 11 is 5.93. The second kappa shape index (κ2) is 5.31. The van der Waals surface area contributed by atoms with E-state index in [1.54, 1.807) is 6.07 Å². The summed E-state index contributed by atoms with van der Waals surface area (Å²) in [6.07, 6.45) is 2.26. The topological polar surface area (TPSA) is 66.9 Å². The molecule has 2 heterocycles. The molecule has 0 aromatic carbocycles. The van der Waals surface area contributed by atoms with Gasteiger partial charge in [-0.3, -0.25) is 4.79 Å². The molecular weight excluding hydrogens is 240 g/mol. The normalized spacial score (nSPS) is 19.2. The molecule has 1 aromatic rings. The smallest absolute Gasteiger partial charge is 0.222 e. The molecule has 0 aliphatic carbocycles. The number of hydrogen-bond acceptors (Lipinski definition) is 4. The standard InChI is InChI=1S/C11H15ClN4O/c1-2-3-9-15-8(12)5-10(16-9)14-7-4-11(17)13-6-7/h5,7H,2-4,6H2,1H3,(H,13,17)(H,14,15,16).